The first-order valence-electron chi connectivity index (χ1n) is 9.73. The number of benzene rings is 3. The van der Waals surface area contributed by atoms with Crippen LogP contribution in [0.3, 0.4) is 0 Å². The Kier molecular flexibility index (Phi) is 5.85. The molecule has 0 fully saturated rings. The minimum absolute atomic E-state index is 0.0326. The van der Waals surface area contributed by atoms with E-state index < -0.39 is 4.92 Å². The maximum Gasteiger partial charge on any atom is 0.270 e. The van der Waals surface area contributed by atoms with Crippen molar-refractivity contribution in [2.24, 2.45) is 0 Å². The van der Waals surface area contributed by atoms with Crippen molar-refractivity contribution in [3.05, 3.63) is 100 Å². The van der Waals surface area contributed by atoms with Crippen LogP contribution in [0.4, 0.5) is 11.4 Å². The van der Waals surface area contributed by atoms with Crippen molar-refractivity contribution in [3.63, 3.8) is 0 Å². The first-order chi connectivity index (χ1) is 15.5. The van der Waals surface area contributed by atoms with Crippen LogP contribution in [0.25, 0.3) is 29.0 Å². The van der Waals surface area contributed by atoms with Crippen molar-refractivity contribution in [2.45, 2.75) is 6.92 Å². The van der Waals surface area contributed by atoms with Gasteiger partial charge in [0.2, 0.25) is 17.7 Å². The largest absolute Gasteiger partial charge is 0.416 e. The molecule has 4 rings (SSSR count). The van der Waals surface area contributed by atoms with Gasteiger partial charge in [0.25, 0.3) is 5.69 Å². The molecule has 0 spiro atoms. The third-order valence-electron chi connectivity index (χ3n) is 4.71. The topological polar surface area (TPSA) is 111 Å². The third kappa shape index (κ3) is 4.76. The van der Waals surface area contributed by atoms with E-state index >= 15 is 0 Å². The average Bonchev–Trinajstić information content (AvgIpc) is 3.29. The molecule has 0 atom stereocenters. The van der Waals surface area contributed by atoms with E-state index in [2.05, 4.69) is 15.5 Å². The number of anilines is 1. The van der Waals surface area contributed by atoms with Gasteiger partial charge in [0.1, 0.15) is 0 Å². The Labute approximate surface area is 183 Å². The predicted molar refractivity (Wildman–Crippen MR) is 121 cm³/mol. The number of nitrogens with zero attached hydrogens (tertiary/aromatic N) is 3. The number of hydrogen-bond donors (Lipinski definition) is 1. The molecule has 0 unspecified atom stereocenters. The van der Waals surface area contributed by atoms with Gasteiger partial charge in [0.15, 0.2) is 0 Å². The zero-order valence-corrected chi connectivity index (χ0v) is 17.1. The quantitative estimate of drug-likeness (QED) is 0.255. The van der Waals surface area contributed by atoms with E-state index in [9.17, 15) is 14.9 Å². The minimum Gasteiger partial charge on any atom is -0.416 e. The highest BCUT2D eigenvalue weighted by molar-refractivity contribution is 6.02. The first kappa shape index (κ1) is 20.7. The Balaban J connectivity index is 1.42. The number of nitro benzene ring substituents is 1. The lowest BCUT2D eigenvalue weighted by atomic mass is 10.1. The van der Waals surface area contributed by atoms with Gasteiger partial charge >= 0.3 is 0 Å². The second kappa shape index (κ2) is 9.05. The van der Waals surface area contributed by atoms with Gasteiger partial charge in [0.05, 0.1) is 4.92 Å². The number of carbonyl (C=O) groups excluding carboxylic acids is 1. The van der Waals surface area contributed by atoms with Gasteiger partial charge in [-0.3, -0.25) is 14.9 Å². The minimum atomic E-state index is -0.480. The fourth-order valence-corrected chi connectivity index (χ4v) is 3.06. The molecule has 1 heterocycles. The highest BCUT2D eigenvalue weighted by Crippen LogP contribution is 2.26. The molecule has 1 amide bonds. The summed E-state index contributed by atoms with van der Waals surface area (Å²) in [6.07, 6.45) is 2.84. The van der Waals surface area contributed by atoms with E-state index in [0.717, 1.165) is 16.7 Å². The van der Waals surface area contributed by atoms with Crippen LogP contribution in [0.15, 0.2) is 83.3 Å². The molecule has 0 saturated carbocycles. The maximum atomic E-state index is 12.2. The van der Waals surface area contributed by atoms with E-state index in [4.69, 9.17) is 4.42 Å². The van der Waals surface area contributed by atoms with Crippen LogP contribution in [0, 0.1) is 17.0 Å². The van der Waals surface area contributed by atoms with Crippen LogP contribution in [-0.4, -0.2) is 21.0 Å². The molecule has 158 valence electrons. The van der Waals surface area contributed by atoms with E-state index in [1.807, 2.05) is 31.2 Å². The summed E-state index contributed by atoms with van der Waals surface area (Å²) in [5, 5.41) is 21.8. The molecular formula is C24H18N4O4. The van der Waals surface area contributed by atoms with Crippen LogP contribution in [0.1, 0.15) is 11.1 Å². The van der Waals surface area contributed by atoms with Gasteiger partial charge in [-0.05, 0) is 54.5 Å². The summed E-state index contributed by atoms with van der Waals surface area (Å²) in [4.78, 5) is 22.5. The number of non-ortho nitro benzene ring substituents is 1. The molecule has 8 heteroatoms. The van der Waals surface area contributed by atoms with E-state index in [1.165, 1.54) is 24.3 Å². The maximum absolute atomic E-state index is 12.2. The smallest absolute Gasteiger partial charge is 0.270 e. The standard InChI is InChI=1S/C24H18N4O4/c1-16-5-2-3-8-21(16)24-27-26-23(32-24)18-10-12-19(13-11-18)25-22(29)14-9-17-6-4-7-20(15-17)28(30)31/h2-15H,1H3,(H,25,29)/b14-9+. The Hall–Kier alpha value is -4.59. The van der Waals surface area contributed by atoms with Gasteiger partial charge in [-0.15, -0.1) is 10.2 Å². The van der Waals surface area contributed by atoms with Crippen molar-refractivity contribution < 1.29 is 14.1 Å². The molecule has 0 radical (unpaired) electrons. The molecule has 0 aliphatic heterocycles. The molecule has 0 aliphatic rings. The summed E-state index contributed by atoms with van der Waals surface area (Å²) in [5.41, 5.74) is 3.76. The molecule has 0 aliphatic carbocycles. The number of nitro groups is 1. The molecule has 0 saturated heterocycles. The highest BCUT2D eigenvalue weighted by atomic mass is 16.6. The molecular weight excluding hydrogens is 408 g/mol. The van der Waals surface area contributed by atoms with Crippen molar-refractivity contribution in [3.8, 4) is 22.9 Å². The third-order valence-corrected chi connectivity index (χ3v) is 4.71. The molecule has 1 aromatic heterocycles. The Bertz CT molecular complexity index is 1310. The molecule has 32 heavy (non-hydrogen) atoms. The van der Waals surface area contributed by atoms with Crippen molar-refractivity contribution in [1.29, 1.82) is 0 Å². The van der Waals surface area contributed by atoms with Gasteiger partial charge in [0, 0.05) is 35.0 Å². The summed E-state index contributed by atoms with van der Waals surface area (Å²) in [5.74, 6) is 0.470. The van der Waals surface area contributed by atoms with Crippen molar-refractivity contribution in [1.82, 2.24) is 10.2 Å². The predicted octanol–water partition coefficient (Wildman–Crippen LogP) is 5.27. The van der Waals surface area contributed by atoms with E-state index in [-0.39, 0.29) is 11.6 Å². The fraction of sp³-hybridized carbons (Fsp3) is 0.0417. The molecule has 1 N–H and O–H groups in total. The summed E-state index contributed by atoms with van der Waals surface area (Å²) in [6.45, 7) is 1.98. The van der Waals surface area contributed by atoms with E-state index in [1.54, 1.807) is 36.4 Å². The van der Waals surface area contributed by atoms with Crippen LogP contribution < -0.4 is 5.32 Å². The molecule has 8 nitrogen and oxygen atoms in total. The lowest BCUT2D eigenvalue weighted by Gasteiger charge is -2.03. The monoisotopic (exact) mass is 426 g/mol. The second-order valence-corrected chi connectivity index (χ2v) is 6.98. The zero-order chi connectivity index (χ0) is 22.5. The summed E-state index contributed by atoms with van der Waals surface area (Å²) in [7, 11) is 0. The van der Waals surface area contributed by atoms with Crippen LogP contribution in [-0.2, 0) is 4.79 Å². The summed E-state index contributed by atoms with van der Waals surface area (Å²) >= 11 is 0. The average molecular weight is 426 g/mol. The fourth-order valence-electron chi connectivity index (χ4n) is 3.06. The molecule has 3 aromatic carbocycles. The highest BCUT2D eigenvalue weighted by Gasteiger charge is 2.12. The normalized spacial score (nSPS) is 10.9. The van der Waals surface area contributed by atoms with Gasteiger partial charge in [-0.1, -0.05) is 30.3 Å². The van der Waals surface area contributed by atoms with Crippen LogP contribution >= 0.6 is 0 Å². The van der Waals surface area contributed by atoms with Crippen LogP contribution in [0.2, 0.25) is 0 Å². The Morgan fingerprint density at radius 1 is 1.00 bits per heavy atom. The number of hydrogen-bond acceptors (Lipinski definition) is 6. The SMILES string of the molecule is Cc1ccccc1-c1nnc(-c2ccc(NC(=O)/C=C/c3cccc([N+](=O)[O-])c3)cc2)o1. The van der Waals surface area contributed by atoms with Gasteiger partial charge < -0.3 is 9.73 Å². The zero-order valence-electron chi connectivity index (χ0n) is 17.1. The lowest BCUT2D eigenvalue weighted by Crippen LogP contribution is -2.07. The van der Waals surface area contributed by atoms with Gasteiger partial charge in [-0.25, -0.2) is 0 Å². The van der Waals surface area contributed by atoms with Crippen molar-refractivity contribution in [2.75, 3.05) is 5.32 Å². The van der Waals surface area contributed by atoms with Gasteiger partial charge in [-0.2, -0.15) is 0 Å². The number of rotatable bonds is 6. The van der Waals surface area contributed by atoms with Crippen molar-refractivity contribution >= 4 is 23.4 Å². The number of nitrogens with one attached hydrogen (secondary N) is 1. The Morgan fingerprint density at radius 2 is 1.75 bits per heavy atom. The summed E-state index contributed by atoms with van der Waals surface area (Å²) in [6, 6.07) is 20.8. The Morgan fingerprint density at radius 3 is 2.50 bits per heavy atom. The molecule has 0 bridgehead atoms. The number of carbonyl (C=O) groups is 1. The first-order valence-corrected chi connectivity index (χ1v) is 9.73. The number of aryl methyl sites for hydroxylation is 1. The molecule has 4 aromatic rings. The summed E-state index contributed by atoms with van der Waals surface area (Å²) < 4.78 is 5.80. The second-order valence-electron chi connectivity index (χ2n) is 6.98. The number of aromatic nitrogens is 2. The van der Waals surface area contributed by atoms with E-state index in [0.29, 0.717) is 23.0 Å². The number of amides is 1. The lowest BCUT2D eigenvalue weighted by molar-refractivity contribution is -0.384. The van der Waals surface area contributed by atoms with Crippen LogP contribution in [0.5, 0.6) is 0 Å².